The van der Waals surface area contributed by atoms with E-state index in [0.29, 0.717) is 18.7 Å². The van der Waals surface area contributed by atoms with Crippen LogP contribution in [0.2, 0.25) is 0 Å². The van der Waals surface area contributed by atoms with Crippen LogP contribution in [0.5, 0.6) is 5.75 Å². The SMILES string of the molecule is CN1CCC(NC(=O)COc2ccc(S(=O)(=O)NCCc3ccccc3)cc2)CC1. The van der Waals surface area contributed by atoms with E-state index in [0.717, 1.165) is 31.5 Å². The molecule has 0 atom stereocenters. The van der Waals surface area contributed by atoms with Crippen molar-refractivity contribution >= 4 is 15.9 Å². The average molecular weight is 432 g/mol. The molecule has 0 bridgehead atoms. The van der Waals surface area contributed by atoms with Crippen LogP contribution in [-0.2, 0) is 21.2 Å². The van der Waals surface area contributed by atoms with Gasteiger partial charge in [-0.25, -0.2) is 13.1 Å². The summed E-state index contributed by atoms with van der Waals surface area (Å²) in [6.07, 6.45) is 2.49. The molecule has 1 aliphatic rings. The molecule has 8 heteroatoms. The molecule has 7 nitrogen and oxygen atoms in total. The van der Waals surface area contributed by atoms with E-state index in [1.54, 1.807) is 12.1 Å². The summed E-state index contributed by atoms with van der Waals surface area (Å²) in [4.78, 5) is 14.5. The predicted molar refractivity (Wildman–Crippen MR) is 116 cm³/mol. The fourth-order valence-corrected chi connectivity index (χ4v) is 4.38. The van der Waals surface area contributed by atoms with Crippen molar-refractivity contribution in [1.82, 2.24) is 14.9 Å². The molecule has 2 aromatic rings. The van der Waals surface area contributed by atoms with Gasteiger partial charge >= 0.3 is 0 Å². The molecule has 2 N–H and O–H groups in total. The lowest BCUT2D eigenvalue weighted by molar-refractivity contribution is -0.124. The Morgan fingerprint density at radius 3 is 2.40 bits per heavy atom. The summed E-state index contributed by atoms with van der Waals surface area (Å²) >= 11 is 0. The van der Waals surface area contributed by atoms with E-state index in [-0.39, 0.29) is 23.5 Å². The Morgan fingerprint density at radius 2 is 1.73 bits per heavy atom. The number of amides is 1. The third-order valence-electron chi connectivity index (χ3n) is 5.14. The van der Waals surface area contributed by atoms with Crippen LogP contribution >= 0.6 is 0 Å². The van der Waals surface area contributed by atoms with Crippen molar-refractivity contribution in [3.63, 3.8) is 0 Å². The Bertz CT molecular complexity index is 909. The van der Waals surface area contributed by atoms with Crippen molar-refractivity contribution in [3.05, 3.63) is 60.2 Å². The Kier molecular flexibility index (Phi) is 7.84. The van der Waals surface area contributed by atoms with Gasteiger partial charge in [-0.05, 0) is 69.2 Å². The van der Waals surface area contributed by atoms with Gasteiger partial charge in [-0.15, -0.1) is 0 Å². The van der Waals surface area contributed by atoms with Gasteiger partial charge in [0, 0.05) is 12.6 Å². The largest absolute Gasteiger partial charge is 0.484 e. The fourth-order valence-electron chi connectivity index (χ4n) is 3.34. The van der Waals surface area contributed by atoms with Crippen molar-refractivity contribution in [3.8, 4) is 5.75 Å². The maximum Gasteiger partial charge on any atom is 0.258 e. The zero-order valence-electron chi connectivity index (χ0n) is 17.2. The van der Waals surface area contributed by atoms with E-state index in [2.05, 4.69) is 22.0 Å². The molecular weight excluding hydrogens is 402 g/mol. The van der Waals surface area contributed by atoms with Crippen molar-refractivity contribution < 1.29 is 17.9 Å². The second-order valence-corrected chi connectivity index (χ2v) is 9.31. The molecule has 1 heterocycles. The standard InChI is InChI=1S/C22H29N3O4S/c1-25-15-12-19(13-16-25)24-22(26)17-29-20-7-9-21(10-8-20)30(27,28)23-14-11-18-5-3-2-4-6-18/h2-10,19,23H,11-17H2,1H3,(H,24,26). The van der Waals surface area contributed by atoms with Crippen molar-refractivity contribution in [2.45, 2.75) is 30.2 Å². The smallest absolute Gasteiger partial charge is 0.258 e. The Hall–Kier alpha value is -2.42. The number of carbonyl (C=O) groups excluding carboxylic acids is 1. The van der Waals surface area contributed by atoms with E-state index in [1.165, 1.54) is 12.1 Å². The first kappa shape index (κ1) is 22.3. The lowest BCUT2D eigenvalue weighted by Gasteiger charge is -2.29. The van der Waals surface area contributed by atoms with Crippen molar-refractivity contribution in [2.24, 2.45) is 0 Å². The van der Waals surface area contributed by atoms with Gasteiger partial charge in [0.1, 0.15) is 5.75 Å². The van der Waals surface area contributed by atoms with Crippen LogP contribution in [0.4, 0.5) is 0 Å². The number of ether oxygens (including phenoxy) is 1. The van der Waals surface area contributed by atoms with Crippen LogP contribution < -0.4 is 14.8 Å². The third kappa shape index (κ3) is 6.83. The lowest BCUT2D eigenvalue weighted by atomic mass is 10.1. The van der Waals surface area contributed by atoms with E-state index in [1.807, 2.05) is 30.3 Å². The molecule has 0 spiro atoms. The summed E-state index contributed by atoms with van der Waals surface area (Å²) in [5.74, 6) is 0.292. The highest BCUT2D eigenvalue weighted by Crippen LogP contribution is 2.16. The second kappa shape index (κ2) is 10.6. The summed E-state index contributed by atoms with van der Waals surface area (Å²) < 4.78 is 33.0. The number of hydrogen-bond donors (Lipinski definition) is 2. The van der Waals surface area contributed by atoms with Gasteiger partial charge in [0.15, 0.2) is 6.61 Å². The maximum absolute atomic E-state index is 12.4. The number of piperidine rings is 1. The molecule has 162 valence electrons. The topological polar surface area (TPSA) is 87.7 Å². The molecule has 0 aliphatic carbocycles. The molecular formula is C22H29N3O4S. The summed E-state index contributed by atoms with van der Waals surface area (Å²) in [5.41, 5.74) is 1.07. The minimum Gasteiger partial charge on any atom is -0.484 e. The van der Waals surface area contributed by atoms with Gasteiger partial charge in [0.25, 0.3) is 5.91 Å². The summed E-state index contributed by atoms with van der Waals surface area (Å²) in [7, 11) is -1.52. The molecule has 3 rings (SSSR count). The highest BCUT2D eigenvalue weighted by molar-refractivity contribution is 7.89. The van der Waals surface area contributed by atoms with Gasteiger partial charge in [0.2, 0.25) is 10.0 Å². The molecule has 0 unspecified atom stereocenters. The first-order valence-electron chi connectivity index (χ1n) is 10.2. The minimum atomic E-state index is -3.59. The van der Waals surface area contributed by atoms with E-state index in [9.17, 15) is 13.2 Å². The van der Waals surface area contributed by atoms with Crippen LogP contribution in [0.25, 0.3) is 0 Å². The molecule has 0 radical (unpaired) electrons. The molecule has 30 heavy (non-hydrogen) atoms. The van der Waals surface area contributed by atoms with Crippen LogP contribution in [0.3, 0.4) is 0 Å². The molecule has 1 fully saturated rings. The van der Waals surface area contributed by atoms with Gasteiger partial charge in [0.05, 0.1) is 4.90 Å². The lowest BCUT2D eigenvalue weighted by Crippen LogP contribution is -2.44. The predicted octanol–water partition coefficient (Wildman–Crippen LogP) is 1.80. The molecule has 0 aromatic heterocycles. The van der Waals surface area contributed by atoms with Crippen LogP contribution in [-0.4, -0.2) is 58.6 Å². The van der Waals surface area contributed by atoms with E-state index in [4.69, 9.17) is 4.74 Å². The number of benzene rings is 2. The zero-order valence-corrected chi connectivity index (χ0v) is 18.0. The zero-order chi connectivity index (χ0) is 21.4. The van der Waals surface area contributed by atoms with Gasteiger partial charge < -0.3 is 15.0 Å². The number of hydrogen-bond acceptors (Lipinski definition) is 5. The van der Waals surface area contributed by atoms with Gasteiger partial charge in [-0.3, -0.25) is 4.79 Å². The Morgan fingerprint density at radius 1 is 1.07 bits per heavy atom. The first-order valence-corrected chi connectivity index (χ1v) is 11.6. The number of rotatable bonds is 9. The number of nitrogens with one attached hydrogen (secondary N) is 2. The second-order valence-electron chi connectivity index (χ2n) is 7.54. The van der Waals surface area contributed by atoms with Crippen molar-refractivity contribution in [2.75, 3.05) is 33.3 Å². The van der Waals surface area contributed by atoms with Crippen molar-refractivity contribution in [1.29, 1.82) is 0 Å². The summed E-state index contributed by atoms with van der Waals surface area (Å²) in [5, 5.41) is 2.99. The monoisotopic (exact) mass is 431 g/mol. The molecule has 2 aromatic carbocycles. The van der Waals surface area contributed by atoms with Gasteiger partial charge in [-0.2, -0.15) is 0 Å². The van der Waals surface area contributed by atoms with Crippen LogP contribution in [0.15, 0.2) is 59.5 Å². The number of carbonyl (C=O) groups is 1. The fraction of sp³-hybridized carbons (Fsp3) is 0.409. The first-order chi connectivity index (χ1) is 14.4. The highest BCUT2D eigenvalue weighted by atomic mass is 32.2. The van der Waals surface area contributed by atoms with Crippen LogP contribution in [0.1, 0.15) is 18.4 Å². The number of sulfonamides is 1. The number of nitrogens with zero attached hydrogens (tertiary/aromatic N) is 1. The molecule has 1 aliphatic heterocycles. The Balaban J connectivity index is 1.43. The van der Waals surface area contributed by atoms with Crippen LogP contribution in [0, 0.1) is 0 Å². The quantitative estimate of drug-likeness (QED) is 0.632. The minimum absolute atomic E-state index is 0.0895. The molecule has 1 saturated heterocycles. The summed E-state index contributed by atoms with van der Waals surface area (Å²) in [6.45, 7) is 2.18. The average Bonchev–Trinajstić information content (AvgIpc) is 2.75. The maximum atomic E-state index is 12.4. The number of likely N-dealkylation sites (tertiary alicyclic amines) is 1. The Labute approximate surface area is 178 Å². The molecule has 0 saturated carbocycles. The highest BCUT2D eigenvalue weighted by Gasteiger charge is 2.18. The van der Waals surface area contributed by atoms with E-state index < -0.39 is 10.0 Å². The van der Waals surface area contributed by atoms with E-state index >= 15 is 0 Å². The molecule has 1 amide bonds. The van der Waals surface area contributed by atoms with Gasteiger partial charge in [-0.1, -0.05) is 30.3 Å². The normalized spacial score (nSPS) is 15.6. The third-order valence-corrected chi connectivity index (χ3v) is 6.61. The summed E-state index contributed by atoms with van der Waals surface area (Å²) in [6, 6.07) is 16.0.